The molecule has 0 aromatic heterocycles. The van der Waals surface area contributed by atoms with Crippen LogP contribution in [0.4, 0.5) is 0 Å². The van der Waals surface area contributed by atoms with Gasteiger partial charge in [0.25, 0.3) is 0 Å². The molecule has 1 heterocycles. The lowest BCUT2D eigenvalue weighted by Crippen LogP contribution is -2.52. The van der Waals surface area contributed by atoms with Crippen molar-refractivity contribution in [1.82, 2.24) is 10.2 Å². The van der Waals surface area contributed by atoms with Gasteiger partial charge in [0, 0.05) is 24.7 Å². The Morgan fingerprint density at radius 1 is 1.10 bits per heavy atom. The second-order valence-electron chi connectivity index (χ2n) is 8.16. The molecule has 2 nitrogen and oxygen atoms in total. The normalized spacial score (nSPS) is 30.0. The zero-order valence-electron chi connectivity index (χ0n) is 14.3. The lowest BCUT2D eigenvalue weighted by Gasteiger charge is -2.45. The molecule has 0 aromatic rings. The average Bonchev–Trinajstić information content (AvgIpc) is 2.42. The Kier molecular flexibility index (Phi) is 5.92. The molecule has 1 aliphatic heterocycles. The number of nitrogens with zero attached hydrogens (tertiary/aromatic N) is 1. The van der Waals surface area contributed by atoms with Crippen molar-refractivity contribution in [2.24, 2.45) is 11.8 Å². The summed E-state index contributed by atoms with van der Waals surface area (Å²) in [6.45, 7) is 13.1. The van der Waals surface area contributed by atoms with Crippen LogP contribution in [-0.4, -0.2) is 36.1 Å². The van der Waals surface area contributed by atoms with E-state index < -0.39 is 0 Å². The third-order valence-electron chi connectivity index (χ3n) is 5.33. The maximum absolute atomic E-state index is 3.73. The van der Waals surface area contributed by atoms with Gasteiger partial charge in [0.05, 0.1) is 0 Å². The highest BCUT2D eigenvalue weighted by Crippen LogP contribution is 2.36. The van der Waals surface area contributed by atoms with Crippen molar-refractivity contribution in [2.45, 2.75) is 84.2 Å². The van der Waals surface area contributed by atoms with Gasteiger partial charge in [0.1, 0.15) is 0 Å². The molecule has 0 spiro atoms. The van der Waals surface area contributed by atoms with E-state index in [0.29, 0.717) is 0 Å². The topological polar surface area (TPSA) is 15.3 Å². The fourth-order valence-corrected chi connectivity index (χ4v) is 4.13. The quantitative estimate of drug-likeness (QED) is 0.817. The van der Waals surface area contributed by atoms with E-state index in [1.807, 2.05) is 0 Å². The Hall–Kier alpha value is -0.0800. The van der Waals surface area contributed by atoms with Gasteiger partial charge < -0.3 is 5.32 Å². The largest absolute Gasteiger partial charge is 0.311 e. The summed E-state index contributed by atoms with van der Waals surface area (Å²) < 4.78 is 0. The highest BCUT2D eigenvalue weighted by atomic mass is 15.2. The van der Waals surface area contributed by atoms with Crippen LogP contribution < -0.4 is 5.32 Å². The van der Waals surface area contributed by atoms with Crippen LogP contribution in [0.3, 0.4) is 0 Å². The van der Waals surface area contributed by atoms with Crippen molar-refractivity contribution >= 4 is 0 Å². The van der Waals surface area contributed by atoms with E-state index >= 15 is 0 Å². The monoisotopic (exact) mass is 280 g/mol. The van der Waals surface area contributed by atoms with E-state index in [2.05, 4.69) is 37.9 Å². The van der Waals surface area contributed by atoms with Gasteiger partial charge in [0.2, 0.25) is 0 Å². The molecule has 3 atom stereocenters. The first-order chi connectivity index (χ1) is 9.49. The highest BCUT2D eigenvalue weighted by molar-refractivity contribution is 4.88. The van der Waals surface area contributed by atoms with Gasteiger partial charge in [0.15, 0.2) is 0 Å². The molecule has 2 rings (SSSR count). The fraction of sp³-hybridized carbons (Fsp3) is 1.00. The smallest absolute Gasteiger partial charge is 0.0220 e. The number of piperidine rings is 1. The molecular weight excluding hydrogens is 244 g/mol. The Morgan fingerprint density at radius 2 is 1.80 bits per heavy atom. The summed E-state index contributed by atoms with van der Waals surface area (Å²) in [7, 11) is 0. The number of hydrogen-bond acceptors (Lipinski definition) is 2. The molecule has 2 heteroatoms. The second kappa shape index (κ2) is 7.26. The molecule has 0 radical (unpaired) electrons. The molecule has 1 aliphatic carbocycles. The van der Waals surface area contributed by atoms with Crippen molar-refractivity contribution in [2.75, 3.05) is 19.6 Å². The Balaban J connectivity index is 1.88. The first kappa shape index (κ1) is 16.3. The second-order valence-corrected chi connectivity index (χ2v) is 8.16. The van der Waals surface area contributed by atoms with Crippen molar-refractivity contribution in [1.29, 1.82) is 0 Å². The maximum Gasteiger partial charge on any atom is 0.0220 e. The summed E-state index contributed by atoms with van der Waals surface area (Å²) in [5.74, 6) is 2.06. The number of likely N-dealkylation sites (tertiary alicyclic amines) is 1. The van der Waals surface area contributed by atoms with Crippen molar-refractivity contribution < 1.29 is 0 Å². The van der Waals surface area contributed by atoms with E-state index in [1.54, 1.807) is 0 Å². The maximum atomic E-state index is 3.73. The zero-order valence-corrected chi connectivity index (χ0v) is 14.3. The van der Waals surface area contributed by atoms with Crippen LogP contribution in [0.15, 0.2) is 0 Å². The Morgan fingerprint density at radius 3 is 2.45 bits per heavy atom. The Bertz CT molecular complexity index is 282. The standard InChI is InChI=1S/C18H36N2/c1-5-8-17(13-19-18(2,3)4)20-12-11-15-9-6-7-10-16(15)14-20/h15-17,19H,5-14H2,1-4H3. The van der Waals surface area contributed by atoms with Gasteiger partial charge in [-0.3, -0.25) is 4.90 Å². The average molecular weight is 280 g/mol. The van der Waals surface area contributed by atoms with Gasteiger partial charge in [-0.25, -0.2) is 0 Å². The van der Waals surface area contributed by atoms with Gasteiger partial charge in [-0.15, -0.1) is 0 Å². The van der Waals surface area contributed by atoms with E-state index in [4.69, 9.17) is 0 Å². The number of hydrogen-bond donors (Lipinski definition) is 1. The summed E-state index contributed by atoms with van der Waals surface area (Å²) in [6, 6.07) is 0.752. The van der Waals surface area contributed by atoms with Crippen LogP contribution >= 0.6 is 0 Å². The number of rotatable bonds is 5. The summed E-state index contributed by atoms with van der Waals surface area (Å²) in [4.78, 5) is 2.81. The lowest BCUT2D eigenvalue weighted by atomic mass is 9.75. The van der Waals surface area contributed by atoms with Crippen molar-refractivity contribution in [3.63, 3.8) is 0 Å². The van der Waals surface area contributed by atoms with Gasteiger partial charge in [-0.05, 0) is 58.4 Å². The number of nitrogens with one attached hydrogen (secondary N) is 1. The van der Waals surface area contributed by atoms with Gasteiger partial charge in [-0.2, -0.15) is 0 Å². The first-order valence-electron chi connectivity index (χ1n) is 8.98. The van der Waals surface area contributed by atoms with Crippen LogP contribution in [0.1, 0.15) is 72.6 Å². The zero-order chi connectivity index (χ0) is 14.6. The highest BCUT2D eigenvalue weighted by Gasteiger charge is 2.33. The van der Waals surface area contributed by atoms with Crippen LogP contribution in [0, 0.1) is 11.8 Å². The van der Waals surface area contributed by atoms with Crippen LogP contribution in [0.25, 0.3) is 0 Å². The summed E-state index contributed by atoms with van der Waals surface area (Å²) in [5.41, 5.74) is 0.245. The molecule has 20 heavy (non-hydrogen) atoms. The van der Waals surface area contributed by atoms with Gasteiger partial charge >= 0.3 is 0 Å². The van der Waals surface area contributed by atoms with Crippen LogP contribution in [0.5, 0.6) is 0 Å². The molecule has 118 valence electrons. The summed E-state index contributed by atoms with van der Waals surface area (Å²) >= 11 is 0. The lowest BCUT2D eigenvalue weighted by molar-refractivity contribution is 0.0514. The molecule has 0 amide bonds. The third kappa shape index (κ3) is 4.73. The molecule has 1 N–H and O–H groups in total. The van der Waals surface area contributed by atoms with E-state index in [9.17, 15) is 0 Å². The minimum absolute atomic E-state index is 0.245. The molecule has 1 saturated heterocycles. The van der Waals surface area contributed by atoms with Crippen LogP contribution in [0.2, 0.25) is 0 Å². The summed E-state index contributed by atoms with van der Waals surface area (Å²) in [6.07, 6.45) is 10.1. The number of fused-ring (bicyclic) bond motifs is 1. The minimum atomic E-state index is 0.245. The molecule has 0 aromatic carbocycles. The predicted octanol–water partition coefficient (Wildman–Crippen LogP) is 4.06. The van der Waals surface area contributed by atoms with Crippen molar-refractivity contribution in [3.8, 4) is 0 Å². The molecular formula is C18H36N2. The molecule has 0 bridgehead atoms. The molecule has 2 fully saturated rings. The van der Waals surface area contributed by atoms with E-state index in [1.165, 1.54) is 58.0 Å². The first-order valence-corrected chi connectivity index (χ1v) is 8.98. The SMILES string of the molecule is CCCC(CNC(C)(C)C)N1CCC2CCCCC2C1. The van der Waals surface area contributed by atoms with Crippen LogP contribution in [-0.2, 0) is 0 Å². The summed E-state index contributed by atoms with van der Waals surface area (Å²) in [5, 5.41) is 3.73. The Labute approximate surface area is 126 Å². The van der Waals surface area contributed by atoms with Gasteiger partial charge in [-0.1, -0.05) is 32.6 Å². The molecule has 1 saturated carbocycles. The van der Waals surface area contributed by atoms with Crippen molar-refractivity contribution in [3.05, 3.63) is 0 Å². The predicted molar refractivity (Wildman–Crippen MR) is 88.1 cm³/mol. The third-order valence-corrected chi connectivity index (χ3v) is 5.33. The fourth-order valence-electron chi connectivity index (χ4n) is 4.13. The van der Waals surface area contributed by atoms with E-state index in [0.717, 1.165) is 24.4 Å². The minimum Gasteiger partial charge on any atom is -0.311 e. The molecule has 2 aliphatic rings. The van der Waals surface area contributed by atoms with E-state index in [-0.39, 0.29) is 5.54 Å². The molecule has 3 unspecified atom stereocenters.